The maximum Gasteiger partial charge on any atom is 0.127 e. The van der Waals surface area contributed by atoms with Crippen molar-refractivity contribution in [1.82, 2.24) is 4.98 Å². The lowest BCUT2D eigenvalue weighted by Crippen LogP contribution is -2.38. The molecule has 0 bridgehead atoms. The molecule has 2 rings (SSSR count). The third-order valence-corrected chi connectivity index (χ3v) is 2.60. The first-order valence-corrected chi connectivity index (χ1v) is 5.42. The molecule has 1 heterocycles. The Hall–Kier alpha value is -1.29. The smallest absolute Gasteiger partial charge is 0.127 e. The number of aliphatic hydroxyl groups is 1. The molecule has 15 heavy (non-hydrogen) atoms. The van der Waals surface area contributed by atoms with Crippen LogP contribution >= 0.6 is 0 Å². The molecule has 0 atom stereocenters. The van der Waals surface area contributed by atoms with Gasteiger partial charge in [0.05, 0.1) is 6.10 Å². The fraction of sp³-hybridized carbons (Fsp3) is 0.545. The van der Waals surface area contributed by atoms with Crippen LogP contribution in [0.1, 0.15) is 19.8 Å². The van der Waals surface area contributed by atoms with Crippen molar-refractivity contribution in [1.29, 1.82) is 0 Å². The molecular formula is C11H17N3O. The molecule has 1 aromatic rings. The number of aromatic nitrogens is 1. The van der Waals surface area contributed by atoms with Gasteiger partial charge < -0.3 is 15.7 Å². The van der Waals surface area contributed by atoms with Crippen molar-refractivity contribution in [2.45, 2.75) is 31.9 Å². The predicted molar refractivity (Wildman–Crippen MR) is 61.1 cm³/mol. The van der Waals surface area contributed by atoms with Crippen molar-refractivity contribution < 1.29 is 5.11 Å². The first kappa shape index (κ1) is 10.2. The summed E-state index contributed by atoms with van der Waals surface area (Å²) in [5.74, 6) is 0.891. The molecule has 0 spiro atoms. The summed E-state index contributed by atoms with van der Waals surface area (Å²) in [5, 5.41) is 15.7. The van der Waals surface area contributed by atoms with Crippen molar-refractivity contribution in [3.05, 3.63) is 18.3 Å². The zero-order valence-corrected chi connectivity index (χ0v) is 8.90. The van der Waals surface area contributed by atoms with Crippen LogP contribution in [0.25, 0.3) is 0 Å². The van der Waals surface area contributed by atoms with Gasteiger partial charge >= 0.3 is 0 Å². The van der Waals surface area contributed by atoms with Crippen LogP contribution in [0.5, 0.6) is 0 Å². The highest BCUT2D eigenvalue weighted by atomic mass is 16.3. The highest BCUT2D eigenvalue weighted by Gasteiger charge is 2.26. The number of hydrogen-bond donors (Lipinski definition) is 3. The molecule has 0 aliphatic heterocycles. The first-order valence-electron chi connectivity index (χ1n) is 5.42. The quantitative estimate of drug-likeness (QED) is 0.699. The molecule has 1 aliphatic rings. The van der Waals surface area contributed by atoms with E-state index in [0.29, 0.717) is 6.04 Å². The zero-order valence-electron chi connectivity index (χ0n) is 8.90. The Morgan fingerprint density at radius 1 is 1.53 bits per heavy atom. The van der Waals surface area contributed by atoms with Crippen molar-refractivity contribution >= 4 is 11.5 Å². The second kappa shape index (κ2) is 4.49. The number of rotatable bonds is 4. The van der Waals surface area contributed by atoms with Crippen molar-refractivity contribution in [3.8, 4) is 0 Å². The van der Waals surface area contributed by atoms with Gasteiger partial charge in [0.15, 0.2) is 0 Å². The summed E-state index contributed by atoms with van der Waals surface area (Å²) in [4.78, 5) is 4.19. The Bertz CT molecular complexity index is 323. The van der Waals surface area contributed by atoms with E-state index in [1.54, 1.807) is 6.20 Å². The third kappa shape index (κ3) is 2.59. The molecule has 0 saturated heterocycles. The zero-order chi connectivity index (χ0) is 10.7. The molecule has 3 N–H and O–H groups in total. The summed E-state index contributed by atoms with van der Waals surface area (Å²) in [6.07, 6.45) is 3.37. The highest BCUT2D eigenvalue weighted by Crippen LogP contribution is 2.24. The van der Waals surface area contributed by atoms with E-state index < -0.39 is 0 Å². The maximum absolute atomic E-state index is 9.17. The van der Waals surface area contributed by atoms with Gasteiger partial charge in [-0.2, -0.15) is 0 Å². The average Bonchev–Trinajstić information content (AvgIpc) is 2.17. The third-order valence-electron chi connectivity index (χ3n) is 2.60. The number of nitrogens with one attached hydrogen (secondary N) is 2. The van der Waals surface area contributed by atoms with Gasteiger partial charge in [0, 0.05) is 30.5 Å². The monoisotopic (exact) mass is 207 g/mol. The minimum Gasteiger partial charge on any atom is -0.393 e. The first-order chi connectivity index (χ1) is 7.28. The number of pyridine rings is 1. The number of nitrogens with zero attached hydrogens (tertiary/aromatic N) is 1. The molecule has 1 saturated carbocycles. The van der Waals surface area contributed by atoms with Crippen molar-refractivity contribution in [2.24, 2.45) is 0 Å². The van der Waals surface area contributed by atoms with E-state index in [2.05, 4.69) is 15.6 Å². The number of aliphatic hydroxyl groups excluding tert-OH is 1. The van der Waals surface area contributed by atoms with Crippen molar-refractivity contribution in [3.63, 3.8) is 0 Å². The number of hydrogen-bond acceptors (Lipinski definition) is 4. The van der Waals surface area contributed by atoms with Crippen LogP contribution < -0.4 is 10.6 Å². The van der Waals surface area contributed by atoms with E-state index in [9.17, 15) is 5.11 Å². The standard InChI is InChI=1S/C11H17N3O/c1-2-12-11-7-8(3-4-13-11)14-9-5-10(15)6-9/h3-4,7,9-10,15H,2,5-6H2,1H3,(H2,12,13,14). The van der Waals surface area contributed by atoms with E-state index in [1.807, 2.05) is 19.1 Å². The molecule has 0 radical (unpaired) electrons. The molecule has 1 aromatic heterocycles. The lowest BCUT2D eigenvalue weighted by Gasteiger charge is -2.32. The molecule has 4 heteroatoms. The fourth-order valence-corrected chi connectivity index (χ4v) is 1.74. The lowest BCUT2D eigenvalue weighted by atomic mass is 9.89. The Morgan fingerprint density at radius 2 is 2.33 bits per heavy atom. The highest BCUT2D eigenvalue weighted by molar-refractivity contribution is 5.52. The van der Waals surface area contributed by atoms with Gasteiger partial charge in [-0.3, -0.25) is 0 Å². The minimum absolute atomic E-state index is 0.113. The summed E-state index contributed by atoms with van der Waals surface area (Å²) < 4.78 is 0. The molecule has 0 aromatic carbocycles. The SMILES string of the molecule is CCNc1cc(NC2CC(O)C2)ccn1. The average molecular weight is 207 g/mol. The molecule has 1 fully saturated rings. The summed E-state index contributed by atoms with van der Waals surface area (Å²) in [5.41, 5.74) is 1.07. The Kier molecular flexibility index (Phi) is 3.06. The molecule has 0 amide bonds. The summed E-state index contributed by atoms with van der Waals surface area (Å²) in [6.45, 7) is 2.92. The topological polar surface area (TPSA) is 57.2 Å². The second-order valence-electron chi connectivity index (χ2n) is 3.93. The Labute approximate surface area is 89.7 Å². The van der Waals surface area contributed by atoms with Crippen LogP contribution in [0, 0.1) is 0 Å². The molecule has 0 unspecified atom stereocenters. The minimum atomic E-state index is -0.113. The summed E-state index contributed by atoms with van der Waals surface area (Å²) in [7, 11) is 0. The largest absolute Gasteiger partial charge is 0.393 e. The second-order valence-corrected chi connectivity index (χ2v) is 3.93. The van der Waals surface area contributed by atoms with Crippen molar-refractivity contribution in [2.75, 3.05) is 17.2 Å². The Balaban J connectivity index is 1.93. The van der Waals surface area contributed by atoms with Crippen LogP contribution in [0.2, 0.25) is 0 Å². The van der Waals surface area contributed by atoms with Gasteiger partial charge in [-0.25, -0.2) is 4.98 Å². The van der Waals surface area contributed by atoms with E-state index in [4.69, 9.17) is 0 Å². The van der Waals surface area contributed by atoms with Crippen LogP contribution in [0.3, 0.4) is 0 Å². The van der Waals surface area contributed by atoms with Gasteiger partial charge in [-0.05, 0) is 25.8 Å². The molecule has 82 valence electrons. The van der Waals surface area contributed by atoms with E-state index in [0.717, 1.165) is 30.9 Å². The molecule has 1 aliphatic carbocycles. The van der Waals surface area contributed by atoms with Gasteiger partial charge in [0.25, 0.3) is 0 Å². The Morgan fingerprint density at radius 3 is 3.00 bits per heavy atom. The fourth-order valence-electron chi connectivity index (χ4n) is 1.74. The van der Waals surface area contributed by atoms with E-state index in [-0.39, 0.29) is 6.10 Å². The maximum atomic E-state index is 9.17. The van der Waals surface area contributed by atoms with Crippen LogP contribution in [0.4, 0.5) is 11.5 Å². The predicted octanol–water partition coefficient (Wildman–Crippen LogP) is 1.45. The number of anilines is 2. The van der Waals surface area contributed by atoms with Gasteiger partial charge in [0.1, 0.15) is 5.82 Å². The van der Waals surface area contributed by atoms with Crippen LogP contribution in [-0.4, -0.2) is 28.8 Å². The van der Waals surface area contributed by atoms with E-state index >= 15 is 0 Å². The van der Waals surface area contributed by atoms with Crippen LogP contribution in [0.15, 0.2) is 18.3 Å². The van der Waals surface area contributed by atoms with Gasteiger partial charge in [0.2, 0.25) is 0 Å². The molecule has 4 nitrogen and oxygen atoms in total. The summed E-state index contributed by atoms with van der Waals surface area (Å²) in [6, 6.07) is 4.36. The van der Waals surface area contributed by atoms with E-state index in [1.165, 1.54) is 0 Å². The normalized spacial score (nSPS) is 24.4. The lowest BCUT2D eigenvalue weighted by molar-refractivity contribution is 0.0836. The molecular weight excluding hydrogens is 190 g/mol. The van der Waals surface area contributed by atoms with Crippen LogP contribution in [-0.2, 0) is 0 Å². The van der Waals surface area contributed by atoms with Gasteiger partial charge in [-0.15, -0.1) is 0 Å². The summed E-state index contributed by atoms with van der Waals surface area (Å²) >= 11 is 0. The van der Waals surface area contributed by atoms with Gasteiger partial charge in [-0.1, -0.05) is 0 Å².